The summed E-state index contributed by atoms with van der Waals surface area (Å²) in [5.74, 6) is 1.72. The Hall–Kier alpha value is -1.64. The van der Waals surface area contributed by atoms with Crippen LogP contribution in [-0.4, -0.2) is 20.3 Å². The molecule has 0 fully saturated rings. The third-order valence-corrected chi connectivity index (χ3v) is 2.22. The maximum absolute atomic E-state index is 5.58. The van der Waals surface area contributed by atoms with Crippen molar-refractivity contribution in [3.05, 3.63) is 36.6 Å². The van der Waals surface area contributed by atoms with Crippen LogP contribution in [0.25, 0.3) is 0 Å². The Balaban J connectivity index is 2.09. The second kappa shape index (κ2) is 8.50. The predicted octanol–water partition coefficient (Wildman–Crippen LogP) is 3.40. The van der Waals surface area contributed by atoms with Gasteiger partial charge >= 0.3 is 0 Å². The van der Waals surface area contributed by atoms with Crippen molar-refractivity contribution < 1.29 is 14.2 Å². The van der Waals surface area contributed by atoms with Gasteiger partial charge in [-0.05, 0) is 44.0 Å². The molecule has 0 heterocycles. The van der Waals surface area contributed by atoms with Gasteiger partial charge in [0.2, 0.25) is 0 Å². The first kappa shape index (κ1) is 13.4. The lowest BCUT2D eigenvalue weighted by atomic mass is 10.3. The number of benzene rings is 1. The summed E-state index contributed by atoms with van der Waals surface area (Å²) in [5.41, 5.74) is 0. The van der Waals surface area contributed by atoms with E-state index in [1.165, 1.54) is 0 Å². The zero-order valence-electron chi connectivity index (χ0n) is 10.5. The molecule has 0 aliphatic rings. The van der Waals surface area contributed by atoms with Crippen LogP contribution in [0.1, 0.15) is 19.8 Å². The van der Waals surface area contributed by atoms with Crippen LogP contribution in [-0.2, 0) is 4.74 Å². The zero-order valence-corrected chi connectivity index (χ0v) is 10.5. The molecule has 0 atom stereocenters. The monoisotopic (exact) mass is 236 g/mol. The van der Waals surface area contributed by atoms with Gasteiger partial charge in [0.1, 0.15) is 11.5 Å². The molecule has 3 heteroatoms. The minimum atomic E-state index is 0.714. The highest BCUT2D eigenvalue weighted by Gasteiger charge is 1.95. The van der Waals surface area contributed by atoms with Crippen molar-refractivity contribution in [3.8, 4) is 11.5 Å². The molecule has 0 aromatic heterocycles. The van der Waals surface area contributed by atoms with E-state index in [2.05, 4.69) is 0 Å². The summed E-state index contributed by atoms with van der Waals surface area (Å²) in [7, 11) is 1.65. The maximum Gasteiger partial charge on any atom is 0.119 e. The lowest BCUT2D eigenvalue weighted by Crippen LogP contribution is -1.99. The Labute approximate surface area is 103 Å². The highest BCUT2D eigenvalue weighted by molar-refractivity contribution is 5.31. The molecule has 1 rings (SSSR count). The van der Waals surface area contributed by atoms with E-state index in [0.29, 0.717) is 6.61 Å². The van der Waals surface area contributed by atoms with E-state index < -0.39 is 0 Å². The molecule has 0 N–H and O–H groups in total. The molecule has 17 heavy (non-hydrogen) atoms. The summed E-state index contributed by atoms with van der Waals surface area (Å²) >= 11 is 0. The van der Waals surface area contributed by atoms with Gasteiger partial charge in [-0.1, -0.05) is 6.08 Å². The number of hydrogen-bond acceptors (Lipinski definition) is 3. The van der Waals surface area contributed by atoms with E-state index in [1.807, 2.05) is 37.3 Å². The Kier molecular flexibility index (Phi) is 6.72. The van der Waals surface area contributed by atoms with Crippen LogP contribution in [0.3, 0.4) is 0 Å². The van der Waals surface area contributed by atoms with Gasteiger partial charge in [0, 0.05) is 0 Å². The van der Waals surface area contributed by atoms with Gasteiger partial charge in [-0.3, -0.25) is 0 Å². The standard InChI is InChI=1S/C14H20O3/c1-3-10-16-11-4-5-12-17-14-8-6-13(15-2)7-9-14/h3,6-10H,4-5,11-12H2,1-2H3/b10-3-. The molecule has 0 amide bonds. The fraction of sp³-hybridized carbons (Fsp3) is 0.429. The summed E-state index contributed by atoms with van der Waals surface area (Å²) in [5, 5.41) is 0. The van der Waals surface area contributed by atoms with E-state index in [-0.39, 0.29) is 0 Å². The number of unbranched alkanes of at least 4 members (excludes halogenated alkanes) is 1. The molecule has 0 unspecified atom stereocenters. The largest absolute Gasteiger partial charge is 0.502 e. The Bertz CT molecular complexity index is 317. The molecular formula is C14H20O3. The fourth-order valence-corrected chi connectivity index (χ4v) is 1.31. The van der Waals surface area contributed by atoms with Gasteiger partial charge in [0.25, 0.3) is 0 Å². The summed E-state index contributed by atoms with van der Waals surface area (Å²) < 4.78 is 15.9. The quantitative estimate of drug-likeness (QED) is 0.511. The SMILES string of the molecule is C/C=C\OCCCCOc1ccc(OC)cc1. The third-order valence-electron chi connectivity index (χ3n) is 2.22. The fourth-order valence-electron chi connectivity index (χ4n) is 1.31. The Morgan fingerprint density at radius 3 is 2.29 bits per heavy atom. The van der Waals surface area contributed by atoms with Crippen LogP contribution in [0.5, 0.6) is 11.5 Å². The minimum absolute atomic E-state index is 0.714. The topological polar surface area (TPSA) is 27.7 Å². The molecule has 0 bridgehead atoms. The lowest BCUT2D eigenvalue weighted by molar-refractivity contribution is 0.225. The van der Waals surface area contributed by atoms with E-state index >= 15 is 0 Å². The highest BCUT2D eigenvalue weighted by Crippen LogP contribution is 2.17. The highest BCUT2D eigenvalue weighted by atomic mass is 16.5. The minimum Gasteiger partial charge on any atom is -0.502 e. The van der Waals surface area contributed by atoms with Gasteiger partial charge in [-0.2, -0.15) is 0 Å². The van der Waals surface area contributed by atoms with Crippen molar-refractivity contribution in [1.29, 1.82) is 0 Å². The smallest absolute Gasteiger partial charge is 0.119 e. The summed E-state index contributed by atoms with van der Waals surface area (Å²) in [4.78, 5) is 0. The molecule has 0 spiro atoms. The van der Waals surface area contributed by atoms with Crippen molar-refractivity contribution in [2.45, 2.75) is 19.8 Å². The van der Waals surface area contributed by atoms with Crippen molar-refractivity contribution in [3.63, 3.8) is 0 Å². The van der Waals surface area contributed by atoms with Gasteiger partial charge in [0.05, 0.1) is 26.6 Å². The second-order valence-corrected chi connectivity index (χ2v) is 3.57. The van der Waals surface area contributed by atoms with Crippen LogP contribution in [0.4, 0.5) is 0 Å². The lowest BCUT2D eigenvalue weighted by Gasteiger charge is -2.06. The van der Waals surface area contributed by atoms with Crippen molar-refractivity contribution in [1.82, 2.24) is 0 Å². The molecule has 0 aliphatic carbocycles. The normalized spacial score (nSPS) is 10.5. The van der Waals surface area contributed by atoms with Gasteiger partial charge in [-0.25, -0.2) is 0 Å². The van der Waals surface area contributed by atoms with Gasteiger partial charge in [-0.15, -0.1) is 0 Å². The van der Waals surface area contributed by atoms with Gasteiger partial charge in [0.15, 0.2) is 0 Å². The molecule has 0 saturated heterocycles. The maximum atomic E-state index is 5.58. The number of hydrogen-bond donors (Lipinski definition) is 0. The zero-order chi connectivity index (χ0) is 12.3. The summed E-state index contributed by atoms with van der Waals surface area (Å²) in [6.45, 7) is 3.40. The number of allylic oxidation sites excluding steroid dienone is 1. The van der Waals surface area contributed by atoms with E-state index in [4.69, 9.17) is 14.2 Å². The molecule has 1 aromatic rings. The first-order chi connectivity index (χ1) is 8.36. The Morgan fingerprint density at radius 1 is 1.00 bits per heavy atom. The summed E-state index contributed by atoms with van der Waals surface area (Å²) in [6, 6.07) is 7.61. The first-order valence-corrected chi connectivity index (χ1v) is 5.86. The van der Waals surface area contributed by atoms with Crippen LogP contribution in [0, 0.1) is 0 Å². The van der Waals surface area contributed by atoms with Crippen molar-refractivity contribution >= 4 is 0 Å². The molecule has 1 aromatic carbocycles. The van der Waals surface area contributed by atoms with E-state index in [0.717, 1.165) is 30.9 Å². The van der Waals surface area contributed by atoms with Gasteiger partial charge < -0.3 is 14.2 Å². The molecule has 0 radical (unpaired) electrons. The molecule has 94 valence electrons. The number of rotatable bonds is 8. The first-order valence-electron chi connectivity index (χ1n) is 5.86. The summed E-state index contributed by atoms with van der Waals surface area (Å²) in [6.07, 6.45) is 5.59. The van der Waals surface area contributed by atoms with Crippen LogP contribution in [0.15, 0.2) is 36.6 Å². The van der Waals surface area contributed by atoms with Crippen molar-refractivity contribution in [2.24, 2.45) is 0 Å². The second-order valence-electron chi connectivity index (χ2n) is 3.57. The predicted molar refractivity (Wildman–Crippen MR) is 68.5 cm³/mol. The van der Waals surface area contributed by atoms with E-state index in [1.54, 1.807) is 13.4 Å². The average molecular weight is 236 g/mol. The molecule has 0 saturated carbocycles. The third kappa shape index (κ3) is 5.85. The molecule has 0 aliphatic heterocycles. The van der Waals surface area contributed by atoms with Crippen LogP contribution in [0.2, 0.25) is 0 Å². The molecular weight excluding hydrogens is 216 g/mol. The molecule has 3 nitrogen and oxygen atoms in total. The number of ether oxygens (including phenoxy) is 3. The average Bonchev–Trinajstić information content (AvgIpc) is 2.38. The number of methoxy groups -OCH3 is 1. The van der Waals surface area contributed by atoms with Crippen molar-refractivity contribution in [2.75, 3.05) is 20.3 Å². The van der Waals surface area contributed by atoms with E-state index in [9.17, 15) is 0 Å². The van der Waals surface area contributed by atoms with Crippen LogP contribution >= 0.6 is 0 Å². The van der Waals surface area contributed by atoms with Crippen LogP contribution < -0.4 is 9.47 Å². The Morgan fingerprint density at radius 2 is 1.65 bits per heavy atom.